The highest BCUT2D eigenvalue weighted by molar-refractivity contribution is 6.30. The molecule has 6 heteroatoms. The second kappa shape index (κ2) is 7.82. The summed E-state index contributed by atoms with van der Waals surface area (Å²) in [5, 5.41) is 12.4. The number of nitrogens with zero attached hydrogens (tertiary/aromatic N) is 2. The lowest BCUT2D eigenvalue weighted by Gasteiger charge is -2.17. The lowest BCUT2D eigenvalue weighted by Crippen LogP contribution is -2.12. The van der Waals surface area contributed by atoms with Gasteiger partial charge in [-0.1, -0.05) is 47.5 Å². The highest BCUT2D eigenvalue weighted by Gasteiger charge is 2.21. The lowest BCUT2D eigenvalue weighted by molar-refractivity contribution is 0.493. The standard InChI is InChI=1S/C22H17ClFN3O/c1-14-5-11-19(12-6-14)25-20(15-7-9-17(23)10-8-15)22-27-26-21(28-22)16-3-2-4-18(24)13-16/h2-13,20,25H,1H3/t20-/m1/s1. The van der Waals surface area contributed by atoms with Crippen LogP contribution in [0.3, 0.4) is 0 Å². The van der Waals surface area contributed by atoms with Gasteiger partial charge in [-0.05, 0) is 55.0 Å². The van der Waals surface area contributed by atoms with Crippen molar-refractivity contribution >= 4 is 17.3 Å². The van der Waals surface area contributed by atoms with Crippen molar-refractivity contribution in [3.63, 3.8) is 0 Å². The van der Waals surface area contributed by atoms with Gasteiger partial charge in [-0.3, -0.25) is 0 Å². The van der Waals surface area contributed by atoms with Gasteiger partial charge in [0.1, 0.15) is 11.9 Å². The van der Waals surface area contributed by atoms with Crippen LogP contribution in [0, 0.1) is 12.7 Å². The first-order valence-corrected chi connectivity index (χ1v) is 9.14. The average Bonchev–Trinajstić information content (AvgIpc) is 3.18. The summed E-state index contributed by atoms with van der Waals surface area (Å²) >= 11 is 6.03. The summed E-state index contributed by atoms with van der Waals surface area (Å²) in [6, 6.07) is 21.1. The van der Waals surface area contributed by atoms with Gasteiger partial charge in [0, 0.05) is 16.3 Å². The zero-order chi connectivity index (χ0) is 19.5. The van der Waals surface area contributed by atoms with E-state index in [-0.39, 0.29) is 17.7 Å². The number of aryl methyl sites for hydroxylation is 1. The quantitative estimate of drug-likeness (QED) is 0.449. The topological polar surface area (TPSA) is 51.0 Å². The highest BCUT2D eigenvalue weighted by atomic mass is 35.5. The SMILES string of the molecule is Cc1ccc(N[C@H](c2ccc(Cl)cc2)c2nnc(-c3cccc(F)c3)o2)cc1. The predicted molar refractivity (Wildman–Crippen MR) is 108 cm³/mol. The number of halogens is 2. The summed E-state index contributed by atoms with van der Waals surface area (Å²) < 4.78 is 19.4. The zero-order valence-electron chi connectivity index (χ0n) is 15.1. The highest BCUT2D eigenvalue weighted by Crippen LogP contribution is 2.29. The van der Waals surface area contributed by atoms with E-state index >= 15 is 0 Å². The minimum Gasteiger partial charge on any atom is -0.418 e. The van der Waals surface area contributed by atoms with E-state index in [1.54, 1.807) is 12.1 Å². The molecule has 0 spiro atoms. The summed E-state index contributed by atoms with van der Waals surface area (Å²) in [5.41, 5.74) is 3.53. The third kappa shape index (κ3) is 4.05. The Hall–Kier alpha value is -3.18. The number of benzene rings is 3. The molecular formula is C22H17ClFN3O. The molecule has 0 radical (unpaired) electrons. The number of aromatic nitrogens is 2. The minimum atomic E-state index is -0.380. The van der Waals surface area contributed by atoms with Crippen LogP contribution in [0.1, 0.15) is 23.1 Å². The van der Waals surface area contributed by atoms with Crippen molar-refractivity contribution in [1.82, 2.24) is 10.2 Å². The number of hydrogen-bond donors (Lipinski definition) is 1. The molecule has 1 heterocycles. The molecule has 0 unspecified atom stereocenters. The van der Waals surface area contributed by atoms with Crippen LogP contribution in [0.2, 0.25) is 5.02 Å². The van der Waals surface area contributed by atoms with E-state index in [9.17, 15) is 4.39 Å². The molecule has 0 bridgehead atoms. The molecule has 0 fully saturated rings. The first-order chi connectivity index (χ1) is 13.6. The molecule has 1 N–H and O–H groups in total. The fourth-order valence-electron chi connectivity index (χ4n) is 2.85. The summed E-state index contributed by atoms with van der Waals surface area (Å²) in [6.45, 7) is 2.03. The Morgan fingerprint density at radius 2 is 1.71 bits per heavy atom. The van der Waals surface area contributed by atoms with Crippen LogP contribution in [0.5, 0.6) is 0 Å². The van der Waals surface area contributed by atoms with E-state index in [4.69, 9.17) is 16.0 Å². The molecule has 0 aliphatic carbocycles. The summed E-state index contributed by atoms with van der Waals surface area (Å²) in [4.78, 5) is 0. The second-order valence-corrected chi connectivity index (χ2v) is 6.89. The Bertz CT molecular complexity index is 1080. The molecule has 0 amide bonds. The minimum absolute atomic E-state index is 0.263. The Morgan fingerprint density at radius 3 is 2.43 bits per heavy atom. The van der Waals surface area contributed by atoms with E-state index in [1.165, 1.54) is 17.7 Å². The first kappa shape index (κ1) is 18.2. The molecule has 1 atom stereocenters. The lowest BCUT2D eigenvalue weighted by atomic mass is 10.1. The van der Waals surface area contributed by atoms with Gasteiger partial charge in [-0.25, -0.2) is 4.39 Å². The van der Waals surface area contributed by atoms with Crippen molar-refractivity contribution in [3.05, 3.63) is 101 Å². The van der Waals surface area contributed by atoms with Gasteiger partial charge in [-0.2, -0.15) is 0 Å². The Morgan fingerprint density at radius 1 is 0.964 bits per heavy atom. The number of nitrogens with one attached hydrogen (secondary N) is 1. The van der Waals surface area contributed by atoms with Crippen LogP contribution in [-0.4, -0.2) is 10.2 Å². The van der Waals surface area contributed by atoms with E-state index in [0.717, 1.165) is 11.3 Å². The third-order valence-electron chi connectivity index (χ3n) is 4.33. The molecule has 0 saturated heterocycles. The maximum Gasteiger partial charge on any atom is 0.247 e. The molecule has 0 aliphatic rings. The summed E-state index contributed by atoms with van der Waals surface area (Å²) in [7, 11) is 0. The van der Waals surface area contributed by atoms with Gasteiger partial charge in [0.25, 0.3) is 0 Å². The van der Waals surface area contributed by atoms with Crippen LogP contribution in [0.25, 0.3) is 11.5 Å². The molecule has 3 aromatic carbocycles. The molecule has 1 aromatic heterocycles. The van der Waals surface area contributed by atoms with E-state index < -0.39 is 0 Å². The molecule has 0 saturated carbocycles. The molecule has 28 heavy (non-hydrogen) atoms. The van der Waals surface area contributed by atoms with Crippen molar-refractivity contribution in [1.29, 1.82) is 0 Å². The van der Waals surface area contributed by atoms with Crippen molar-refractivity contribution in [2.75, 3.05) is 5.32 Å². The van der Waals surface area contributed by atoms with Crippen LogP contribution < -0.4 is 5.32 Å². The van der Waals surface area contributed by atoms with Crippen molar-refractivity contribution in [2.45, 2.75) is 13.0 Å². The van der Waals surface area contributed by atoms with Gasteiger partial charge in [-0.15, -0.1) is 10.2 Å². The maximum atomic E-state index is 13.5. The molecule has 4 nitrogen and oxygen atoms in total. The Labute approximate surface area is 167 Å². The normalized spacial score (nSPS) is 12.0. The van der Waals surface area contributed by atoms with Crippen molar-refractivity contribution < 1.29 is 8.81 Å². The van der Waals surface area contributed by atoms with Crippen LogP contribution in [0.15, 0.2) is 77.2 Å². The second-order valence-electron chi connectivity index (χ2n) is 6.45. The predicted octanol–water partition coefficient (Wildman–Crippen LogP) is 6.04. The molecule has 0 aliphatic heterocycles. The smallest absolute Gasteiger partial charge is 0.247 e. The van der Waals surface area contributed by atoms with Gasteiger partial charge in [0.05, 0.1) is 0 Å². The van der Waals surface area contributed by atoms with Crippen LogP contribution in [0.4, 0.5) is 10.1 Å². The summed E-state index contributed by atoms with van der Waals surface area (Å²) in [5.74, 6) is 0.283. The Kier molecular flexibility index (Phi) is 5.08. The van der Waals surface area contributed by atoms with Crippen LogP contribution in [-0.2, 0) is 0 Å². The largest absolute Gasteiger partial charge is 0.418 e. The van der Waals surface area contributed by atoms with Gasteiger partial charge in [0.2, 0.25) is 11.8 Å². The Balaban J connectivity index is 1.70. The molecule has 140 valence electrons. The average molecular weight is 394 g/mol. The summed E-state index contributed by atoms with van der Waals surface area (Å²) in [6.07, 6.45) is 0. The first-order valence-electron chi connectivity index (χ1n) is 8.76. The fourth-order valence-corrected chi connectivity index (χ4v) is 2.97. The van der Waals surface area contributed by atoms with E-state index in [0.29, 0.717) is 16.5 Å². The molecule has 4 rings (SSSR count). The third-order valence-corrected chi connectivity index (χ3v) is 4.58. The van der Waals surface area contributed by atoms with Crippen LogP contribution >= 0.6 is 11.6 Å². The van der Waals surface area contributed by atoms with Gasteiger partial charge in [0.15, 0.2) is 0 Å². The van der Waals surface area contributed by atoms with E-state index in [1.807, 2.05) is 55.5 Å². The zero-order valence-corrected chi connectivity index (χ0v) is 15.8. The van der Waals surface area contributed by atoms with Gasteiger partial charge >= 0.3 is 0 Å². The van der Waals surface area contributed by atoms with Crippen molar-refractivity contribution in [3.8, 4) is 11.5 Å². The molecular weight excluding hydrogens is 377 g/mol. The fraction of sp³-hybridized carbons (Fsp3) is 0.0909. The van der Waals surface area contributed by atoms with Gasteiger partial charge < -0.3 is 9.73 Å². The molecule has 4 aromatic rings. The number of anilines is 1. The number of rotatable bonds is 5. The van der Waals surface area contributed by atoms with Crippen molar-refractivity contribution in [2.24, 2.45) is 0 Å². The maximum absolute atomic E-state index is 13.5. The van der Waals surface area contributed by atoms with E-state index in [2.05, 4.69) is 15.5 Å². The number of hydrogen-bond acceptors (Lipinski definition) is 4. The monoisotopic (exact) mass is 393 g/mol.